The molecule has 0 bridgehead atoms. The van der Waals surface area contributed by atoms with E-state index in [0.29, 0.717) is 18.7 Å². The first-order valence-electron chi connectivity index (χ1n) is 7.68. The SMILES string of the molecule is CC(=O)NCCCCCNC(=O)c1ccc2ccccc2c1. The molecule has 0 aliphatic carbocycles. The van der Waals surface area contributed by atoms with E-state index >= 15 is 0 Å². The van der Waals surface area contributed by atoms with E-state index in [1.54, 1.807) is 0 Å². The quantitative estimate of drug-likeness (QED) is 0.772. The summed E-state index contributed by atoms with van der Waals surface area (Å²) in [5, 5.41) is 7.91. The van der Waals surface area contributed by atoms with Crippen LogP contribution in [0.4, 0.5) is 0 Å². The minimum atomic E-state index is -0.0346. The summed E-state index contributed by atoms with van der Waals surface area (Å²) in [5.41, 5.74) is 0.692. The van der Waals surface area contributed by atoms with Crippen LogP contribution in [0.2, 0.25) is 0 Å². The topological polar surface area (TPSA) is 58.2 Å². The van der Waals surface area contributed by atoms with Gasteiger partial charge in [0.1, 0.15) is 0 Å². The lowest BCUT2D eigenvalue weighted by Crippen LogP contribution is -2.25. The van der Waals surface area contributed by atoms with Crippen molar-refractivity contribution in [3.63, 3.8) is 0 Å². The van der Waals surface area contributed by atoms with Crippen LogP contribution >= 0.6 is 0 Å². The highest BCUT2D eigenvalue weighted by molar-refractivity contribution is 5.98. The highest BCUT2D eigenvalue weighted by atomic mass is 16.2. The fourth-order valence-corrected chi connectivity index (χ4v) is 2.33. The van der Waals surface area contributed by atoms with Gasteiger partial charge in [0.15, 0.2) is 0 Å². The Morgan fingerprint density at radius 1 is 0.864 bits per heavy atom. The van der Waals surface area contributed by atoms with E-state index in [-0.39, 0.29) is 11.8 Å². The van der Waals surface area contributed by atoms with Crippen molar-refractivity contribution in [2.45, 2.75) is 26.2 Å². The largest absolute Gasteiger partial charge is 0.356 e. The van der Waals surface area contributed by atoms with E-state index in [9.17, 15) is 9.59 Å². The maximum Gasteiger partial charge on any atom is 0.251 e. The number of carbonyl (C=O) groups is 2. The molecule has 0 radical (unpaired) electrons. The molecule has 2 amide bonds. The Balaban J connectivity index is 1.73. The average molecular weight is 298 g/mol. The van der Waals surface area contributed by atoms with Crippen molar-refractivity contribution in [1.82, 2.24) is 10.6 Å². The lowest BCUT2D eigenvalue weighted by molar-refractivity contribution is -0.118. The zero-order valence-corrected chi connectivity index (χ0v) is 12.9. The summed E-state index contributed by atoms with van der Waals surface area (Å²) < 4.78 is 0. The maximum absolute atomic E-state index is 12.1. The Labute approximate surface area is 130 Å². The second kappa shape index (κ2) is 8.17. The molecule has 4 nitrogen and oxygen atoms in total. The van der Waals surface area contributed by atoms with E-state index < -0.39 is 0 Å². The number of unbranched alkanes of at least 4 members (excludes halogenated alkanes) is 2. The van der Waals surface area contributed by atoms with Crippen molar-refractivity contribution >= 4 is 22.6 Å². The lowest BCUT2D eigenvalue weighted by atomic mass is 10.1. The Hall–Kier alpha value is -2.36. The van der Waals surface area contributed by atoms with Crippen molar-refractivity contribution in [3.8, 4) is 0 Å². The maximum atomic E-state index is 12.1. The van der Waals surface area contributed by atoms with Gasteiger partial charge in [-0.15, -0.1) is 0 Å². The number of nitrogens with one attached hydrogen (secondary N) is 2. The van der Waals surface area contributed by atoms with Crippen LogP contribution in [0.3, 0.4) is 0 Å². The second-order valence-corrected chi connectivity index (χ2v) is 5.36. The second-order valence-electron chi connectivity index (χ2n) is 5.36. The van der Waals surface area contributed by atoms with Gasteiger partial charge in [-0.25, -0.2) is 0 Å². The third-order valence-corrected chi connectivity index (χ3v) is 3.52. The molecule has 2 aromatic rings. The van der Waals surface area contributed by atoms with Crippen LogP contribution in [0.25, 0.3) is 10.8 Å². The predicted molar refractivity (Wildman–Crippen MR) is 88.8 cm³/mol. The first kappa shape index (κ1) is 16.0. The van der Waals surface area contributed by atoms with Gasteiger partial charge in [0.2, 0.25) is 5.91 Å². The molecule has 0 aromatic heterocycles. The van der Waals surface area contributed by atoms with E-state index in [1.807, 2.05) is 42.5 Å². The van der Waals surface area contributed by atoms with Crippen LogP contribution in [-0.4, -0.2) is 24.9 Å². The Morgan fingerprint density at radius 2 is 1.55 bits per heavy atom. The molecule has 2 aromatic carbocycles. The molecular weight excluding hydrogens is 276 g/mol. The fourth-order valence-electron chi connectivity index (χ4n) is 2.33. The molecule has 0 heterocycles. The van der Waals surface area contributed by atoms with Crippen molar-refractivity contribution in [2.75, 3.05) is 13.1 Å². The molecule has 116 valence electrons. The average Bonchev–Trinajstić information content (AvgIpc) is 2.53. The molecule has 0 aliphatic heterocycles. The van der Waals surface area contributed by atoms with Crippen LogP contribution in [0, 0.1) is 0 Å². The summed E-state index contributed by atoms with van der Waals surface area (Å²) in [4.78, 5) is 22.8. The van der Waals surface area contributed by atoms with Gasteiger partial charge in [-0.1, -0.05) is 30.3 Å². The first-order chi connectivity index (χ1) is 10.7. The third kappa shape index (κ3) is 4.88. The molecule has 0 saturated carbocycles. The van der Waals surface area contributed by atoms with Gasteiger partial charge < -0.3 is 10.6 Å². The molecule has 2 rings (SSSR count). The summed E-state index contributed by atoms with van der Waals surface area (Å²) in [6.07, 6.45) is 2.84. The van der Waals surface area contributed by atoms with Crippen LogP contribution in [-0.2, 0) is 4.79 Å². The zero-order chi connectivity index (χ0) is 15.8. The molecule has 0 unspecified atom stereocenters. The minimum Gasteiger partial charge on any atom is -0.356 e. The monoisotopic (exact) mass is 298 g/mol. The molecule has 0 saturated heterocycles. The van der Waals surface area contributed by atoms with Gasteiger partial charge in [-0.3, -0.25) is 9.59 Å². The molecule has 0 aliphatic rings. The van der Waals surface area contributed by atoms with Crippen molar-refractivity contribution < 1.29 is 9.59 Å². The standard InChI is InChI=1S/C18H22N2O2/c1-14(21)19-11-5-2-6-12-20-18(22)17-10-9-15-7-3-4-8-16(15)13-17/h3-4,7-10,13H,2,5-6,11-12H2,1H3,(H,19,21)(H,20,22). The number of rotatable bonds is 7. The van der Waals surface area contributed by atoms with Crippen LogP contribution in [0.1, 0.15) is 36.5 Å². The van der Waals surface area contributed by atoms with Crippen molar-refractivity contribution in [2.24, 2.45) is 0 Å². The number of amides is 2. The summed E-state index contributed by atoms with van der Waals surface area (Å²) in [7, 11) is 0. The van der Waals surface area contributed by atoms with Gasteiger partial charge in [-0.2, -0.15) is 0 Å². The molecule has 4 heteroatoms. The summed E-state index contributed by atoms with van der Waals surface area (Å²) in [6, 6.07) is 13.7. The van der Waals surface area contributed by atoms with Crippen molar-refractivity contribution in [3.05, 3.63) is 48.0 Å². The van der Waals surface area contributed by atoms with E-state index in [1.165, 1.54) is 6.92 Å². The number of carbonyl (C=O) groups excluding carboxylic acids is 2. The van der Waals surface area contributed by atoms with Crippen LogP contribution in [0.15, 0.2) is 42.5 Å². The van der Waals surface area contributed by atoms with Gasteiger partial charge >= 0.3 is 0 Å². The van der Waals surface area contributed by atoms with Crippen LogP contribution < -0.4 is 10.6 Å². The van der Waals surface area contributed by atoms with E-state index in [2.05, 4.69) is 10.6 Å². The molecule has 0 spiro atoms. The zero-order valence-electron chi connectivity index (χ0n) is 12.9. The Morgan fingerprint density at radius 3 is 2.27 bits per heavy atom. The molecule has 22 heavy (non-hydrogen) atoms. The number of benzene rings is 2. The van der Waals surface area contributed by atoms with Gasteiger partial charge in [-0.05, 0) is 42.2 Å². The molecule has 0 fully saturated rings. The number of fused-ring (bicyclic) bond motifs is 1. The normalized spacial score (nSPS) is 10.4. The predicted octanol–water partition coefficient (Wildman–Crippen LogP) is 2.88. The van der Waals surface area contributed by atoms with Gasteiger partial charge in [0, 0.05) is 25.6 Å². The number of hydrogen-bond acceptors (Lipinski definition) is 2. The molecule has 0 atom stereocenters. The van der Waals surface area contributed by atoms with Gasteiger partial charge in [0.25, 0.3) is 5.91 Å². The van der Waals surface area contributed by atoms with Gasteiger partial charge in [0.05, 0.1) is 0 Å². The smallest absolute Gasteiger partial charge is 0.251 e. The Bertz CT molecular complexity index is 652. The lowest BCUT2D eigenvalue weighted by Gasteiger charge is -2.07. The Kier molecular flexibility index (Phi) is 5.95. The summed E-state index contributed by atoms with van der Waals surface area (Å²) >= 11 is 0. The summed E-state index contributed by atoms with van der Waals surface area (Å²) in [6.45, 7) is 2.88. The highest BCUT2D eigenvalue weighted by Gasteiger charge is 2.05. The van der Waals surface area contributed by atoms with E-state index in [0.717, 1.165) is 30.0 Å². The minimum absolute atomic E-state index is 0.00427. The van der Waals surface area contributed by atoms with Crippen LogP contribution in [0.5, 0.6) is 0 Å². The van der Waals surface area contributed by atoms with Crippen molar-refractivity contribution in [1.29, 1.82) is 0 Å². The molecular formula is C18H22N2O2. The van der Waals surface area contributed by atoms with E-state index in [4.69, 9.17) is 0 Å². The fraction of sp³-hybridized carbons (Fsp3) is 0.333. The number of hydrogen-bond donors (Lipinski definition) is 2. The summed E-state index contributed by atoms with van der Waals surface area (Å²) in [5.74, 6) is -0.0304. The third-order valence-electron chi connectivity index (χ3n) is 3.52. The molecule has 2 N–H and O–H groups in total. The first-order valence-corrected chi connectivity index (χ1v) is 7.68. The highest BCUT2D eigenvalue weighted by Crippen LogP contribution is 2.15.